The van der Waals surface area contributed by atoms with Gasteiger partial charge in [-0.25, -0.2) is 4.79 Å². The van der Waals surface area contributed by atoms with Crippen molar-refractivity contribution in [2.75, 3.05) is 6.54 Å². The molecule has 3 N–H and O–H groups in total. The van der Waals surface area contributed by atoms with Crippen molar-refractivity contribution >= 4 is 17.0 Å². The van der Waals surface area contributed by atoms with Crippen LogP contribution in [0.25, 0.3) is 11.0 Å². The molecule has 0 aliphatic heterocycles. The van der Waals surface area contributed by atoms with Crippen LogP contribution in [0.5, 0.6) is 0 Å². The van der Waals surface area contributed by atoms with E-state index >= 15 is 0 Å². The van der Waals surface area contributed by atoms with Gasteiger partial charge in [-0.3, -0.25) is 0 Å². The second-order valence-electron chi connectivity index (χ2n) is 6.11. The maximum Gasteiger partial charge on any atom is 0.315 e. The Balaban J connectivity index is 1.55. The van der Waals surface area contributed by atoms with Crippen LogP contribution in [0.2, 0.25) is 0 Å². The minimum absolute atomic E-state index is 0.278. The summed E-state index contributed by atoms with van der Waals surface area (Å²) in [4.78, 5) is 11.9. The average Bonchev–Trinajstić information content (AvgIpc) is 3.09. The SMILES string of the molecule is Cc1c(CNC(=O)NCC2(O)CCCC2)oc2ccccc12. The minimum Gasteiger partial charge on any atom is -0.459 e. The molecule has 2 aromatic rings. The Labute approximate surface area is 129 Å². The van der Waals surface area contributed by atoms with Crippen molar-refractivity contribution in [3.05, 3.63) is 35.6 Å². The Morgan fingerprint density at radius 3 is 2.73 bits per heavy atom. The number of benzene rings is 1. The first-order chi connectivity index (χ1) is 10.6. The summed E-state index contributed by atoms with van der Waals surface area (Å²) in [7, 11) is 0. The molecule has 0 unspecified atom stereocenters. The second kappa shape index (κ2) is 6.01. The summed E-state index contributed by atoms with van der Waals surface area (Å²) >= 11 is 0. The molecular formula is C17H22N2O3. The quantitative estimate of drug-likeness (QED) is 0.813. The molecular weight excluding hydrogens is 280 g/mol. The molecule has 5 heteroatoms. The van der Waals surface area contributed by atoms with Crippen LogP contribution in [-0.4, -0.2) is 23.3 Å². The summed E-state index contributed by atoms with van der Waals surface area (Å²) in [6.45, 7) is 2.63. The molecule has 1 heterocycles. The summed E-state index contributed by atoms with van der Waals surface area (Å²) in [5.74, 6) is 0.760. The molecule has 1 saturated carbocycles. The zero-order valence-corrected chi connectivity index (χ0v) is 12.8. The summed E-state index contributed by atoms with van der Waals surface area (Å²) < 4.78 is 5.76. The van der Waals surface area contributed by atoms with Crippen LogP contribution in [0.15, 0.2) is 28.7 Å². The van der Waals surface area contributed by atoms with E-state index in [1.807, 2.05) is 31.2 Å². The number of furan rings is 1. The fourth-order valence-electron chi connectivity index (χ4n) is 3.07. The van der Waals surface area contributed by atoms with Gasteiger partial charge in [-0.2, -0.15) is 0 Å². The fourth-order valence-corrected chi connectivity index (χ4v) is 3.07. The summed E-state index contributed by atoms with van der Waals surface area (Å²) in [6, 6.07) is 7.55. The predicted molar refractivity (Wildman–Crippen MR) is 84.6 cm³/mol. The largest absolute Gasteiger partial charge is 0.459 e. The molecule has 1 fully saturated rings. The van der Waals surface area contributed by atoms with Crippen molar-refractivity contribution in [2.24, 2.45) is 0 Å². The Morgan fingerprint density at radius 1 is 1.27 bits per heavy atom. The van der Waals surface area contributed by atoms with Gasteiger partial charge in [0.2, 0.25) is 0 Å². The summed E-state index contributed by atoms with van der Waals surface area (Å²) in [5.41, 5.74) is 1.15. The number of para-hydroxylation sites is 1. The molecule has 0 spiro atoms. The van der Waals surface area contributed by atoms with Gasteiger partial charge in [-0.1, -0.05) is 31.0 Å². The van der Waals surface area contributed by atoms with Crippen molar-refractivity contribution in [2.45, 2.75) is 44.8 Å². The molecule has 0 saturated heterocycles. The summed E-state index contributed by atoms with van der Waals surface area (Å²) in [5, 5.41) is 16.8. The number of rotatable bonds is 4. The Hall–Kier alpha value is -2.01. The number of amides is 2. The maximum absolute atomic E-state index is 11.9. The Bertz CT molecular complexity index is 672. The Kier molecular flexibility index (Phi) is 4.07. The van der Waals surface area contributed by atoms with Crippen molar-refractivity contribution in [1.29, 1.82) is 0 Å². The van der Waals surface area contributed by atoms with E-state index in [0.717, 1.165) is 48.0 Å². The van der Waals surface area contributed by atoms with Gasteiger partial charge in [0, 0.05) is 17.5 Å². The highest BCUT2D eigenvalue weighted by molar-refractivity contribution is 5.82. The lowest BCUT2D eigenvalue weighted by atomic mass is 10.0. The van der Waals surface area contributed by atoms with Crippen molar-refractivity contribution < 1.29 is 14.3 Å². The number of carbonyl (C=O) groups is 1. The first-order valence-electron chi connectivity index (χ1n) is 7.78. The predicted octanol–water partition coefficient (Wildman–Crippen LogP) is 2.85. The lowest BCUT2D eigenvalue weighted by Gasteiger charge is -2.22. The van der Waals surface area contributed by atoms with Gasteiger partial charge >= 0.3 is 6.03 Å². The van der Waals surface area contributed by atoms with E-state index in [1.165, 1.54) is 0 Å². The minimum atomic E-state index is -0.730. The highest BCUT2D eigenvalue weighted by Crippen LogP contribution is 2.28. The zero-order valence-electron chi connectivity index (χ0n) is 12.8. The van der Waals surface area contributed by atoms with E-state index in [9.17, 15) is 9.90 Å². The number of fused-ring (bicyclic) bond motifs is 1. The van der Waals surface area contributed by atoms with Crippen molar-refractivity contribution in [3.8, 4) is 0 Å². The summed E-state index contributed by atoms with van der Waals surface area (Å²) in [6.07, 6.45) is 3.57. The first kappa shape index (κ1) is 14.9. The third-order valence-electron chi connectivity index (χ3n) is 4.46. The standard InChI is InChI=1S/C17H22N2O3/c1-12-13-6-2-3-7-14(13)22-15(12)10-18-16(20)19-11-17(21)8-4-5-9-17/h2-3,6-7,21H,4-5,8-11H2,1H3,(H2,18,19,20). The molecule has 1 aromatic heterocycles. The highest BCUT2D eigenvalue weighted by atomic mass is 16.3. The third kappa shape index (κ3) is 3.09. The van der Waals surface area contributed by atoms with Gasteiger partial charge in [0.1, 0.15) is 11.3 Å². The molecule has 1 aliphatic rings. The number of aryl methyl sites for hydroxylation is 1. The van der Waals surface area contributed by atoms with E-state index in [4.69, 9.17) is 4.42 Å². The number of urea groups is 1. The number of aliphatic hydroxyl groups is 1. The highest BCUT2D eigenvalue weighted by Gasteiger charge is 2.31. The van der Waals surface area contributed by atoms with Crippen molar-refractivity contribution in [3.63, 3.8) is 0 Å². The molecule has 3 rings (SSSR count). The molecule has 5 nitrogen and oxygen atoms in total. The number of carbonyl (C=O) groups excluding carboxylic acids is 1. The van der Waals surface area contributed by atoms with E-state index in [-0.39, 0.29) is 6.03 Å². The fraction of sp³-hybridized carbons (Fsp3) is 0.471. The molecule has 0 radical (unpaired) electrons. The lowest BCUT2D eigenvalue weighted by Crippen LogP contribution is -2.44. The number of hydrogen-bond acceptors (Lipinski definition) is 3. The zero-order chi connectivity index (χ0) is 15.6. The van der Waals surface area contributed by atoms with E-state index in [1.54, 1.807) is 0 Å². The van der Waals surface area contributed by atoms with Gasteiger partial charge in [0.05, 0.1) is 12.1 Å². The van der Waals surface area contributed by atoms with Crippen LogP contribution in [0.3, 0.4) is 0 Å². The van der Waals surface area contributed by atoms with E-state index < -0.39 is 5.60 Å². The number of nitrogens with one attached hydrogen (secondary N) is 2. The molecule has 118 valence electrons. The molecule has 1 aromatic carbocycles. The van der Waals surface area contributed by atoms with Gasteiger partial charge in [0.25, 0.3) is 0 Å². The normalized spacial score (nSPS) is 16.8. The maximum atomic E-state index is 11.9. The number of hydrogen-bond donors (Lipinski definition) is 3. The smallest absolute Gasteiger partial charge is 0.315 e. The van der Waals surface area contributed by atoms with Crippen LogP contribution >= 0.6 is 0 Å². The molecule has 0 bridgehead atoms. The lowest BCUT2D eigenvalue weighted by molar-refractivity contribution is 0.0501. The van der Waals surface area contributed by atoms with Crippen LogP contribution in [0.1, 0.15) is 37.0 Å². The average molecular weight is 302 g/mol. The molecule has 0 atom stereocenters. The van der Waals surface area contributed by atoms with Crippen molar-refractivity contribution in [1.82, 2.24) is 10.6 Å². The first-order valence-corrected chi connectivity index (χ1v) is 7.78. The van der Waals surface area contributed by atoms with Gasteiger partial charge in [-0.05, 0) is 25.8 Å². The van der Waals surface area contributed by atoms with Gasteiger partial charge in [-0.15, -0.1) is 0 Å². The Morgan fingerprint density at radius 2 is 2.00 bits per heavy atom. The third-order valence-corrected chi connectivity index (χ3v) is 4.46. The van der Waals surface area contributed by atoms with Crippen LogP contribution < -0.4 is 10.6 Å². The van der Waals surface area contributed by atoms with Crippen LogP contribution in [0.4, 0.5) is 4.79 Å². The second-order valence-corrected chi connectivity index (χ2v) is 6.11. The molecule has 1 aliphatic carbocycles. The molecule has 2 amide bonds. The van der Waals surface area contributed by atoms with Crippen LogP contribution in [0, 0.1) is 6.92 Å². The van der Waals surface area contributed by atoms with E-state index in [0.29, 0.717) is 13.1 Å². The van der Waals surface area contributed by atoms with Gasteiger partial charge < -0.3 is 20.2 Å². The van der Waals surface area contributed by atoms with Crippen LogP contribution in [-0.2, 0) is 6.54 Å². The monoisotopic (exact) mass is 302 g/mol. The van der Waals surface area contributed by atoms with Gasteiger partial charge in [0.15, 0.2) is 0 Å². The van der Waals surface area contributed by atoms with E-state index in [2.05, 4.69) is 10.6 Å². The topological polar surface area (TPSA) is 74.5 Å². The molecule has 22 heavy (non-hydrogen) atoms.